The fraction of sp³-hybridized carbons (Fsp3) is 0.615. The Morgan fingerprint density at radius 1 is 1.53 bits per heavy atom. The van der Waals surface area contributed by atoms with Crippen LogP contribution in [0.5, 0.6) is 5.88 Å². The van der Waals surface area contributed by atoms with Gasteiger partial charge in [0.1, 0.15) is 6.54 Å². The summed E-state index contributed by atoms with van der Waals surface area (Å²) in [7, 11) is 0. The van der Waals surface area contributed by atoms with Crippen LogP contribution in [-0.2, 0) is 4.79 Å². The Hall–Kier alpha value is -1.85. The maximum atomic E-state index is 10.9. The van der Waals surface area contributed by atoms with Crippen LogP contribution < -0.4 is 9.64 Å². The largest absolute Gasteiger partial charge is 0.480 e. The number of carboxylic acid groups (broad SMARTS) is 1. The van der Waals surface area contributed by atoms with Crippen molar-refractivity contribution in [2.75, 3.05) is 18.0 Å². The van der Waals surface area contributed by atoms with Crippen molar-refractivity contribution < 1.29 is 14.6 Å². The van der Waals surface area contributed by atoms with Gasteiger partial charge in [0, 0.05) is 6.54 Å². The van der Waals surface area contributed by atoms with Crippen LogP contribution in [0.4, 0.5) is 5.82 Å². The summed E-state index contributed by atoms with van der Waals surface area (Å²) in [5, 5.41) is 8.97. The first kappa shape index (κ1) is 13.6. The van der Waals surface area contributed by atoms with Gasteiger partial charge in [-0.25, -0.2) is 0 Å². The van der Waals surface area contributed by atoms with Crippen molar-refractivity contribution in [2.45, 2.75) is 32.8 Å². The number of carboxylic acids is 1. The number of carbonyl (C=O) groups is 1. The Morgan fingerprint density at radius 3 is 2.84 bits per heavy atom. The lowest BCUT2D eigenvalue weighted by Crippen LogP contribution is -2.32. The van der Waals surface area contributed by atoms with Gasteiger partial charge in [0.05, 0.1) is 18.5 Å². The first-order valence-corrected chi connectivity index (χ1v) is 6.50. The molecule has 0 radical (unpaired) electrons. The molecule has 0 amide bonds. The third-order valence-corrected chi connectivity index (χ3v) is 2.78. The van der Waals surface area contributed by atoms with Crippen LogP contribution in [-0.4, -0.2) is 40.2 Å². The normalized spacial score (nSPS) is 14.5. The summed E-state index contributed by atoms with van der Waals surface area (Å²) in [5.41, 5.74) is 0. The highest BCUT2D eigenvalue weighted by molar-refractivity contribution is 5.73. The number of hydrogen-bond acceptors (Lipinski definition) is 5. The van der Waals surface area contributed by atoms with Gasteiger partial charge in [0.25, 0.3) is 0 Å². The molecule has 2 rings (SSSR count). The highest BCUT2D eigenvalue weighted by Crippen LogP contribution is 2.31. The van der Waals surface area contributed by atoms with Gasteiger partial charge in [0.15, 0.2) is 5.82 Å². The Balaban J connectivity index is 2.12. The number of nitrogens with zero attached hydrogens (tertiary/aromatic N) is 3. The van der Waals surface area contributed by atoms with Crippen molar-refractivity contribution in [1.82, 2.24) is 9.97 Å². The predicted molar refractivity (Wildman–Crippen MR) is 70.4 cm³/mol. The molecule has 1 fully saturated rings. The number of rotatable bonds is 7. The van der Waals surface area contributed by atoms with E-state index in [1.165, 1.54) is 0 Å². The van der Waals surface area contributed by atoms with Crippen molar-refractivity contribution >= 4 is 11.8 Å². The maximum Gasteiger partial charge on any atom is 0.323 e. The Labute approximate surface area is 112 Å². The molecule has 1 saturated carbocycles. The van der Waals surface area contributed by atoms with E-state index in [-0.39, 0.29) is 12.6 Å². The number of aliphatic carboxylic acids is 1. The van der Waals surface area contributed by atoms with Crippen molar-refractivity contribution in [1.29, 1.82) is 0 Å². The fourth-order valence-corrected chi connectivity index (χ4v) is 1.80. The zero-order valence-electron chi connectivity index (χ0n) is 11.2. The predicted octanol–water partition coefficient (Wildman–Crippen LogP) is 1.56. The second-order valence-electron chi connectivity index (χ2n) is 5.10. The Bertz CT molecular complexity index is 447. The lowest BCUT2D eigenvalue weighted by molar-refractivity contribution is -0.135. The van der Waals surface area contributed by atoms with Gasteiger partial charge in [-0.1, -0.05) is 0 Å². The first-order valence-electron chi connectivity index (χ1n) is 6.50. The summed E-state index contributed by atoms with van der Waals surface area (Å²) < 4.78 is 5.48. The van der Waals surface area contributed by atoms with E-state index in [4.69, 9.17) is 9.84 Å². The fourth-order valence-electron chi connectivity index (χ4n) is 1.80. The van der Waals surface area contributed by atoms with Gasteiger partial charge in [-0.3, -0.25) is 9.78 Å². The molecule has 0 aliphatic heterocycles. The van der Waals surface area contributed by atoms with E-state index in [1.54, 1.807) is 17.3 Å². The second-order valence-corrected chi connectivity index (χ2v) is 5.10. The lowest BCUT2D eigenvalue weighted by Gasteiger charge is -2.21. The van der Waals surface area contributed by atoms with Crippen molar-refractivity contribution in [3.63, 3.8) is 0 Å². The van der Waals surface area contributed by atoms with E-state index in [9.17, 15) is 4.79 Å². The zero-order chi connectivity index (χ0) is 13.8. The van der Waals surface area contributed by atoms with Crippen LogP contribution >= 0.6 is 0 Å². The smallest absolute Gasteiger partial charge is 0.323 e. The minimum atomic E-state index is -0.863. The molecule has 1 N–H and O–H groups in total. The first-order chi connectivity index (χ1) is 9.04. The molecular weight excluding hydrogens is 246 g/mol. The minimum absolute atomic E-state index is 0.0147. The highest BCUT2D eigenvalue weighted by Gasteiger charge is 2.26. The number of anilines is 1. The average Bonchev–Trinajstić information content (AvgIpc) is 3.11. The Kier molecular flexibility index (Phi) is 4.19. The van der Waals surface area contributed by atoms with Crippen molar-refractivity contribution in [3.05, 3.63) is 12.4 Å². The van der Waals surface area contributed by atoms with Gasteiger partial charge >= 0.3 is 5.97 Å². The van der Waals surface area contributed by atoms with Gasteiger partial charge in [-0.05, 0) is 32.6 Å². The van der Waals surface area contributed by atoms with E-state index in [0.717, 1.165) is 12.8 Å². The molecule has 104 valence electrons. The van der Waals surface area contributed by atoms with Gasteiger partial charge in [0.2, 0.25) is 5.88 Å². The van der Waals surface area contributed by atoms with E-state index in [1.807, 2.05) is 13.8 Å². The molecular formula is C13H19N3O3. The topological polar surface area (TPSA) is 75.5 Å². The molecule has 1 heterocycles. The van der Waals surface area contributed by atoms with Crippen molar-refractivity contribution in [3.8, 4) is 5.88 Å². The molecule has 0 atom stereocenters. The van der Waals surface area contributed by atoms with Crippen LogP contribution in [0.25, 0.3) is 0 Å². The number of hydrogen-bond donors (Lipinski definition) is 1. The summed E-state index contributed by atoms with van der Waals surface area (Å²) >= 11 is 0. The van der Waals surface area contributed by atoms with E-state index < -0.39 is 5.97 Å². The maximum absolute atomic E-state index is 10.9. The molecule has 1 aromatic rings. The lowest BCUT2D eigenvalue weighted by atomic mass is 10.3. The minimum Gasteiger partial charge on any atom is -0.480 e. The van der Waals surface area contributed by atoms with Gasteiger partial charge < -0.3 is 14.7 Å². The quantitative estimate of drug-likeness (QED) is 0.806. The number of aromatic nitrogens is 2. The third-order valence-electron chi connectivity index (χ3n) is 2.78. The molecule has 1 aliphatic rings. The summed E-state index contributed by atoms with van der Waals surface area (Å²) in [5.74, 6) is 0.708. The SMILES string of the molecule is CC(C)Oc1cncc(N(CC(=O)O)CC2CC2)n1. The third kappa shape index (κ3) is 4.39. The molecule has 0 aromatic carbocycles. The van der Waals surface area contributed by atoms with E-state index in [2.05, 4.69) is 9.97 Å². The molecule has 0 bridgehead atoms. The van der Waals surface area contributed by atoms with Gasteiger partial charge in [-0.2, -0.15) is 4.98 Å². The van der Waals surface area contributed by atoms with Crippen LogP contribution in [0.1, 0.15) is 26.7 Å². The molecule has 6 heteroatoms. The molecule has 1 aromatic heterocycles. The summed E-state index contributed by atoms with van der Waals surface area (Å²) in [4.78, 5) is 21.1. The monoisotopic (exact) mass is 265 g/mol. The van der Waals surface area contributed by atoms with E-state index >= 15 is 0 Å². The molecule has 0 unspecified atom stereocenters. The van der Waals surface area contributed by atoms with Crippen molar-refractivity contribution in [2.24, 2.45) is 5.92 Å². The van der Waals surface area contributed by atoms with Crippen LogP contribution in [0.15, 0.2) is 12.4 Å². The second kappa shape index (κ2) is 5.86. The number of ether oxygens (including phenoxy) is 1. The average molecular weight is 265 g/mol. The summed E-state index contributed by atoms with van der Waals surface area (Å²) in [6.07, 6.45) is 5.45. The summed E-state index contributed by atoms with van der Waals surface area (Å²) in [6, 6.07) is 0. The van der Waals surface area contributed by atoms with Crippen LogP contribution in [0.2, 0.25) is 0 Å². The molecule has 0 spiro atoms. The molecule has 1 aliphatic carbocycles. The van der Waals surface area contributed by atoms with Crippen LogP contribution in [0.3, 0.4) is 0 Å². The van der Waals surface area contributed by atoms with E-state index in [0.29, 0.717) is 24.2 Å². The van der Waals surface area contributed by atoms with Crippen LogP contribution in [0, 0.1) is 5.92 Å². The molecule has 0 saturated heterocycles. The highest BCUT2D eigenvalue weighted by atomic mass is 16.5. The Morgan fingerprint density at radius 2 is 2.26 bits per heavy atom. The molecule has 19 heavy (non-hydrogen) atoms. The van der Waals surface area contributed by atoms with Gasteiger partial charge in [-0.15, -0.1) is 0 Å². The standard InChI is InChI=1S/C13H19N3O3/c1-9(2)19-12-6-14-5-11(15-12)16(8-13(17)18)7-10-3-4-10/h5-6,9-10H,3-4,7-8H2,1-2H3,(H,17,18). The molecule has 6 nitrogen and oxygen atoms in total. The zero-order valence-corrected chi connectivity index (χ0v) is 11.2. The summed E-state index contributed by atoms with van der Waals surface area (Å²) in [6.45, 7) is 4.48.